The van der Waals surface area contributed by atoms with Gasteiger partial charge in [0.05, 0.1) is 24.9 Å². The van der Waals surface area contributed by atoms with Crippen molar-refractivity contribution in [3.63, 3.8) is 0 Å². The van der Waals surface area contributed by atoms with E-state index in [1.54, 1.807) is 13.0 Å². The number of methoxy groups -OCH3 is 2. The van der Waals surface area contributed by atoms with Gasteiger partial charge in [-0.05, 0) is 19.1 Å². The van der Waals surface area contributed by atoms with Crippen molar-refractivity contribution in [2.75, 3.05) is 25.3 Å². The Morgan fingerprint density at radius 2 is 1.92 bits per heavy atom. The second kappa shape index (κ2) is 7.35. The Balaban J connectivity index is 2.04. The van der Waals surface area contributed by atoms with E-state index < -0.39 is 15.7 Å². The van der Waals surface area contributed by atoms with Crippen LogP contribution in [0.5, 0.6) is 11.5 Å². The number of aromatic nitrogens is 1. The number of hydrogen-bond donors (Lipinski definition) is 1. The molecule has 0 aliphatic carbocycles. The zero-order chi connectivity index (χ0) is 17.7. The monoisotopic (exact) mass is 354 g/mol. The van der Waals surface area contributed by atoms with Gasteiger partial charge in [-0.25, -0.2) is 8.42 Å². The van der Waals surface area contributed by atoms with Crippen LogP contribution in [0, 0.1) is 6.92 Å². The first-order valence-electron chi connectivity index (χ1n) is 7.03. The number of sulfone groups is 1. The van der Waals surface area contributed by atoms with Gasteiger partial charge in [0.25, 0.3) is 0 Å². The van der Waals surface area contributed by atoms with E-state index in [1.807, 2.05) is 0 Å². The van der Waals surface area contributed by atoms with Crippen molar-refractivity contribution in [3.05, 3.63) is 30.0 Å². The molecule has 1 aromatic carbocycles. The minimum absolute atomic E-state index is 0.0604. The van der Waals surface area contributed by atoms with Crippen LogP contribution in [-0.2, 0) is 14.6 Å². The van der Waals surface area contributed by atoms with Crippen LogP contribution >= 0.6 is 0 Å². The average molecular weight is 354 g/mol. The van der Waals surface area contributed by atoms with Crippen LogP contribution in [0.3, 0.4) is 0 Å². The van der Waals surface area contributed by atoms with Crippen LogP contribution in [0.2, 0.25) is 0 Å². The number of carbonyl (C=O) groups excluding carboxylic acids is 1. The van der Waals surface area contributed by atoms with Gasteiger partial charge in [-0.1, -0.05) is 5.16 Å². The minimum atomic E-state index is -3.64. The van der Waals surface area contributed by atoms with Crippen molar-refractivity contribution < 1.29 is 27.2 Å². The summed E-state index contributed by atoms with van der Waals surface area (Å²) in [5.41, 5.74) is 0. The predicted octanol–water partition coefficient (Wildman–Crippen LogP) is 1.80. The highest BCUT2D eigenvalue weighted by Crippen LogP contribution is 2.29. The smallest absolute Gasteiger partial charge is 0.226 e. The number of carbonyl (C=O) groups is 1. The Hall–Kier alpha value is -2.55. The molecule has 1 aromatic heterocycles. The van der Waals surface area contributed by atoms with Gasteiger partial charge in [0.1, 0.15) is 5.76 Å². The SMILES string of the molecule is COc1ccc(S(=O)(=O)CCC(=O)Nc2cc(C)on2)cc1OC. The topological polar surface area (TPSA) is 108 Å². The Bertz CT molecular complexity index is 828. The lowest BCUT2D eigenvalue weighted by molar-refractivity contribution is -0.115. The van der Waals surface area contributed by atoms with Crippen LogP contribution in [-0.4, -0.2) is 39.5 Å². The van der Waals surface area contributed by atoms with Gasteiger partial charge >= 0.3 is 0 Å². The van der Waals surface area contributed by atoms with Crippen LogP contribution in [0.25, 0.3) is 0 Å². The summed E-state index contributed by atoms with van der Waals surface area (Å²) in [7, 11) is -0.762. The van der Waals surface area contributed by atoms with Crippen LogP contribution in [0.4, 0.5) is 5.82 Å². The molecular weight excluding hydrogens is 336 g/mol. The standard InChI is InChI=1S/C15H18N2O6S/c1-10-8-14(17-23-10)16-15(18)6-7-24(19,20)11-4-5-12(21-2)13(9-11)22-3/h4-5,8-9H,6-7H2,1-3H3,(H,16,17,18). The quantitative estimate of drug-likeness (QED) is 0.807. The summed E-state index contributed by atoms with van der Waals surface area (Å²) in [5.74, 6) is 0.721. The highest BCUT2D eigenvalue weighted by atomic mass is 32.2. The molecule has 0 saturated heterocycles. The van der Waals surface area contributed by atoms with Gasteiger partial charge in [0.2, 0.25) is 5.91 Å². The van der Waals surface area contributed by atoms with E-state index in [0.717, 1.165) is 0 Å². The van der Waals surface area contributed by atoms with Gasteiger partial charge in [0.15, 0.2) is 27.2 Å². The molecule has 0 aliphatic rings. The van der Waals surface area contributed by atoms with Gasteiger partial charge in [0, 0.05) is 18.6 Å². The number of amides is 1. The normalized spacial score (nSPS) is 11.1. The molecule has 0 bridgehead atoms. The highest BCUT2D eigenvalue weighted by Gasteiger charge is 2.19. The maximum atomic E-state index is 12.4. The molecular formula is C15H18N2O6S. The second-order valence-electron chi connectivity index (χ2n) is 4.96. The van der Waals surface area contributed by atoms with Crippen molar-refractivity contribution in [1.29, 1.82) is 0 Å². The number of hydrogen-bond acceptors (Lipinski definition) is 7. The third-order valence-corrected chi connectivity index (χ3v) is 4.92. The number of anilines is 1. The molecule has 2 aromatic rings. The zero-order valence-corrected chi connectivity index (χ0v) is 14.3. The zero-order valence-electron chi connectivity index (χ0n) is 13.5. The van der Waals surface area contributed by atoms with Crippen molar-refractivity contribution in [3.8, 4) is 11.5 Å². The summed E-state index contributed by atoms with van der Waals surface area (Å²) in [6.45, 7) is 1.68. The molecule has 0 unspecified atom stereocenters. The van der Waals surface area contributed by atoms with Crippen molar-refractivity contribution in [2.45, 2.75) is 18.2 Å². The van der Waals surface area contributed by atoms with Gasteiger partial charge in [-0.3, -0.25) is 4.79 Å². The maximum absolute atomic E-state index is 12.4. The lowest BCUT2D eigenvalue weighted by Crippen LogP contribution is -2.17. The Morgan fingerprint density at radius 3 is 2.50 bits per heavy atom. The lowest BCUT2D eigenvalue weighted by Gasteiger charge is -2.10. The first kappa shape index (κ1) is 17.8. The van der Waals surface area contributed by atoms with Crippen molar-refractivity contribution >= 4 is 21.6 Å². The van der Waals surface area contributed by atoms with Crippen LogP contribution in [0.1, 0.15) is 12.2 Å². The van der Waals surface area contributed by atoms with E-state index in [9.17, 15) is 13.2 Å². The molecule has 1 heterocycles. The molecule has 24 heavy (non-hydrogen) atoms. The number of nitrogens with zero attached hydrogens (tertiary/aromatic N) is 1. The first-order chi connectivity index (χ1) is 11.4. The summed E-state index contributed by atoms with van der Waals surface area (Å²) >= 11 is 0. The average Bonchev–Trinajstić information content (AvgIpc) is 2.97. The van der Waals surface area contributed by atoms with Crippen LogP contribution in [0.15, 0.2) is 33.7 Å². The maximum Gasteiger partial charge on any atom is 0.226 e. The first-order valence-corrected chi connectivity index (χ1v) is 8.69. The second-order valence-corrected chi connectivity index (χ2v) is 7.07. The number of nitrogens with one attached hydrogen (secondary N) is 1. The number of benzene rings is 1. The van der Waals surface area contributed by atoms with E-state index in [4.69, 9.17) is 14.0 Å². The summed E-state index contributed by atoms with van der Waals surface area (Å²) in [6, 6.07) is 5.83. The summed E-state index contributed by atoms with van der Waals surface area (Å²) in [5, 5.41) is 6.09. The summed E-state index contributed by atoms with van der Waals surface area (Å²) < 4.78 is 39.7. The number of rotatable bonds is 7. The molecule has 1 N–H and O–H groups in total. The Morgan fingerprint density at radius 1 is 1.21 bits per heavy atom. The van der Waals surface area contributed by atoms with Crippen molar-refractivity contribution in [1.82, 2.24) is 5.16 Å². The van der Waals surface area contributed by atoms with Gasteiger partial charge in [-0.15, -0.1) is 0 Å². The molecule has 0 radical (unpaired) electrons. The fourth-order valence-corrected chi connectivity index (χ4v) is 3.24. The number of aryl methyl sites for hydroxylation is 1. The molecule has 0 spiro atoms. The van der Waals surface area contributed by atoms with Crippen molar-refractivity contribution in [2.24, 2.45) is 0 Å². The molecule has 0 fully saturated rings. The molecule has 2 rings (SSSR count). The predicted molar refractivity (Wildman–Crippen MR) is 86.1 cm³/mol. The summed E-state index contributed by atoms with van der Waals surface area (Å²) in [4.78, 5) is 11.9. The molecule has 130 valence electrons. The van der Waals surface area contributed by atoms with Gasteiger partial charge in [-0.2, -0.15) is 0 Å². The van der Waals surface area contributed by atoms with E-state index in [1.165, 1.54) is 32.4 Å². The summed E-state index contributed by atoms with van der Waals surface area (Å²) in [6.07, 6.45) is -0.206. The minimum Gasteiger partial charge on any atom is -0.493 e. The third-order valence-electron chi connectivity index (χ3n) is 3.21. The lowest BCUT2D eigenvalue weighted by atomic mass is 10.3. The van der Waals surface area contributed by atoms with E-state index in [-0.39, 0.29) is 22.9 Å². The van der Waals surface area contributed by atoms with E-state index >= 15 is 0 Å². The number of ether oxygens (including phenoxy) is 2. The molecule has 1 amide bonds. The molecule has 0 saturated carbocycles. The fraction of sp³-hybridized carbons (Fsp3) is 0.333. The largest absolute Gasteiger partial charge is 0.493 e. The van der Waals surface area contributed by atoms with E-state index in [0.29, 0.717) is 17.3 Å². The van der Waals surface area contributed by atoms with Crippen LogP contribution < -0.4 is 14.8 Å². The highest BCUT2D eigenvalue weighted by molar-refractivity contribution is 7.91. The molecule has 8 nitrogen and oxygen atoms in total. The van der Waals surface area contributed by atoms with Gasteiger partial charge < -0.3 is 19.3 Å². The third kappa shape index (κ3) is 4.25. The molecule has 0 aliphatic heterocycles. The Labute approximate surface area is 139 Å². The van der Waals surface area contributed by atoms with E-state index in [2.05, 4.69) is 10.5 Å². The molecule has 0 atom stereocenters. The molecule has 9 heteroatoms. The fourth-order valence-electron chi connectivity index (χ4n) is 1.99. The Kier molecular flexibility index (Phi) is 5.45.